The highest BCUT2D eigenvalue weighted by Gasteiger charge is 2.33. The smallest absolute Gasteiger partial charge is 0.0405 e. The van der Waals surface area contributed by atoms with E-state index in [1.165, 1.54) is 37.1 Å². The second kappa shape index (κ2) is 3.01. The number of para-hydroxylation sites is 1. The summed E-state index contributed by atoms with van der Waals surface area (Å²) in [6.45, 7) is 3.41. The maximum absolute atomic E-state index is 3.60. The number of hydrogen-bond acceptors (Lipinski definition) is 1. The molecule has 3 rings (SSSR count). The van der Waals surface area contributed by atoms with Gasteiger partial charge in [0, 0.05) is 12.2 Å². The fourth-order valence-electron chi connectivity index (χ4n) is 3.16. The molecule has 0 amide bonds. The van der Waals surface area contributed by atoms with Gasteiger partial charge in [0.25, 0.3) is 0 Å². The molecule has 0 radical (unpaired) electrons. The number of hydrogen-bond donors (Lipinski definition) is 1. The van der Waals surface area contributed by atoms with Gasteiger partial charge in [-0.05, 0) is 42.7 Å². The van der Waals surface area contributed by atoms with E-state index < -0.39 is 0 Å². The molecule has 2 atom stereocenters. The number of benzene rings is 1. The Hall–Kier alpha value is -0.980. The molecule has 1 N–H and O–H groups in total. The molecule has 1 fully saturated rings. The number of anilines is 1. The lowest BCUT2D eigenvalue weighted by Crippen LogP contribution is -2.24. The zero-order valence-electron chi connectivity index (χ0n) is 8.72. The van der Waals surface area contributed by atoms with Crippen molar-refractivity contribution in [3.8, 4) is 0 Å². The Balaban J connectivity index is 2.09. The van der Waals surface area contributed by atoms with E-state index in [-0.39, 0.29) is 0 Å². The van der Waals surface area contributed by atoms with Gasteiger partial charge in [0.15, 0.2) is 0 Å². The predicted octanol–water partition coefficient (Wildman–Crippen LogP) is 3.30. The number of fused-ring (bicyclic) bond motifs is 3. The van der Waals surface area contributed by atoms with Crippen LogP contribution in [-0.4, -0.2) is 6.54 Å². The van der Waals surface area contributed by atoms with Crippen LogP contribution in [0.3, 0.4) is 0 Å². The average molecular weight is 187 g/mol. The van der Waals surface area contributed by atoms with Gasteiger partial charge in [-0.1, -0.05) is 24.6 Å². The van der Waals surface area contributed by atoms with Gasteiger partial charge in [-0.2, -0.15) is 0 Å². The predicted molar refractivity (Wildman–Crippen MR) is 59.8 cm³/mol. The number of nitrogens with one attached hydrogen (secondary N) is 1. The lowest BCUT2D eigenvalue weighted by molar-refractivity contribution is 0.494. The molecule has 1 aliphatic carbocycles. The summed E-state index contributed by atoms with van der Waals surface area (Å²) >= 11 is 0. The van der Waals surface area contributed by atoms with Gasteiger partial charge in [-0.3, -0.25) is 0 Å². The highest BCUT2D eigenvalue weighted by molar-refractivity contribution is 5.60. The molecule has 1 aliphatic heterocycles. The first-order chi connectivity index (χ1) is 6.86. The first kappa shape index (κ1) is 8.34. The van der Waals surface area contributed by atoms with Crippen LogP contribution in [0.25, 0.3) is 0 Å². The minimum atomic E-state index is 0.853. The number of rotatable bonds is 0. The fraction of sp³-hybridized carbons (Fsp3) is 0.538. The Kier molecular flexibility index (Phi) is 1.79. The van der Waals surface area contributed by atoms with Crippen molar-refractivity contribution in [1.29, 1.82) is 0 Å². The summed E-state index contributed by atoms with van der Waals surface area (Å²) in [5.74, 6) is 1.76. The molecule has 2 unspecified atom stereocenters. The molecule has 1 nitrogen and oxygen atoms in total. The normalized spacial score (nSPS) is 29.2. The van der Waals surface area contributed by atoms with E-state index in [2.05, 4.69) is 30.4 Å². The van der Waals surface area contributed by atoms with E-state index >= 15 is 0 Å². The third-order valence-electron chi connectivity index (χ3n) is 3.90. The van der Waals surface area contributed by atoms with Gasteiger partial charge in [-0.25, -0.2) is 0 Å². The second-order valence-corrected chi connectivity index (χ2v) is 4.72. The third kappa shape index (κ3) is 1.08. The Morgan fingerprint density at radius 3 is 3.14 bits per heavy atom. The fourth-order valence-corrected chi connectivity index (χ4v) is 3.16. The van der Waals surface area contributed by atoms with E-state index in [1.807, 2.05) is 0 Å². The minimum absolute atomic E-state index is 0.853. The molecule has 0 saturated heterocycles. The lowest BCUT2D eigenvalue weighted by Gasteiger charge is -2.30. The van der Waals surface area contributed by atoms with E-state index in [4.69, 9.17) is 0 Å². The van der Waals surface area contributed by atoms with Crippen molar-refractivity contribution >= 4 is 5.69 Å². The maximum Gasteiger partial charge on any atom is 0.0405 e. The minimum Gasteiger partial charge on any atom is -0.384 e. The van der Waals surface area contributed by atoms with Crippen LogP contribution >= 0.6 is 0 Å². The summed E-state index contributed by atoms with van der Waals surface area (Å²) < 4.78 is 0. The zero-order chi connectivity index (χ0) is 9.54. The van der Waals surface area contributed by atoms with Crippen LogP contribution < -0.4 is 5.32 Å². The van der Waals surface area contributed by atoms with Gasteiger partial charge >= 0.3 is 0 Å². The van der Waals surface area contributed by atoms with E-state index in [1.54, 1.807) is 5.56 Å². The molecule has 0 aromatic heterocycles. The molecule has 74 valence electrons. The molecule has 14 heavy (non-hydrogen) atoms. The number of aryl methyl sites for hydroxylation is 1. The van der Waals surface area contributed by atoms with Crippen molar-refractivity contribution in [2.75, 3.05) is 11.9 Å². The van der Waals surface area contributed by atoms with Crippen molar-refractivity contribution in [3.05, 3.63) is 29.3 Å². The molecular formula is C13H17N. The molecule has 0 spiro atoms. The topological polar surface area (TPSA) is 12.0 Å². The van der Waals surface area contributed by atoms with Crippen LogP contribution in [0.4, 0.5) is 5.69 Å². The molecule has 1 heterocycles. The first-order valence-electron chi connectivity index (χ1n) is 5.69. The molecule has 1 aromatic carbocycles. The molecule has 2 aliphatic rings. The summed E-state index contributed by atoms with van der Waals surface area (Å²) in [5, 5.41) is 3.60. The van der Waals surface area contributed by atoms with Gasteiger partial charge < -0.3 is 5.32 Å². The van der Waals surface area contributed by atoms with Crippen molar-refractivity contribution in [1.82, 2.24) is 0 Å². The van der Waals surface area contributed by atoms with E-state index in [0.717, 1.165) is 11.8 Å². The van der Waals surface area contributed by atoms with E-state index in [0.29, 0.717) is 0 Å². The quantitative estimate of drug-likeness (QED) is 0.657. The average Bonchev–Trinajstić information content (AvgIpc) is 2.66. The maximum atomic E-state index is 3.60. The summed E-state index contributed by atoms with van der Waals surface area (Å²) in [4.78, 5) is 0. The third-order valence-corrected chi connectivity index (χ3v) is 3.90. The van der Waals surface area contributed by atoms with Gasteiger partial charge in [-0.15, -0.1) is 0 Å². The standard InChI is InChI=1S/C13H17N/c1-9-4-2-7-12-11-6-3-5-10(11)8-14-13(9)12/h2,4,7,10-11,14H,3,5-6,8H2,1H3. The zero-order valence-corrected chi connectivity index (χ0v) is 8.72. The molecule has 0 bridgehead atoms. The first-order valence-corrected chi connectivity index (χ1v) is 5.69. The van der Waals surface area contributed by atoms with Crippen molar-refractivity contribution < 1.29 is 0 Å². The van der Waals surface area contributed by atoms with Crippen LogP contribution in [-0.2, 0) is 0 Å². The van der Waals surface area contributed by atoms with Crippen LogP contribution in [0.5, 0.6) is 0 Å². The Morgan fingerprint density at radius 2 is 2.21 bits per heavy atom. The Morgan fingerprint density at radius 1 is 1.29 bits per heavy atom. The van der Waals surface area contributed by atoms with Crippen molar-refractivity contribution in [3.63, 3.8) is 0 Å². The highest BCUT2D eigenvalue weighted by atomic mass is 14.9. The van der Waals surface area contributed by atoms with Crippen molar-refractivity contribution in [2.45, 2.75) is 32.1 Å². The van der Waals surface area contributed by atoms with Crippen LogP contribution in [0.1, 0.15) is 36.3 Å². The summed E-state index contributed by atoms with van der Waals surface area (Å²) in [6.07, 6.45) is 4.25. The summed E-state index contributed by atoms with van der Waals surface area (Å²) in [5.41, 5.74) is 4.42. The lowest BCUT2D eigenvalue weighted by atomic mass is 9.84. The molecule has 1 heteroatoms. The second-order valence-electron chi connectivity index (χ2n) is 4.72. The largest absolute Gasteiger partial charge is 0.384 e. The Labute approximate surface area is 85.5 Å². The molecule has 1 saturated carbocycles. The van der Waals surface area contributed by atoms with Gasteiger partial charge in [0.1, 0.15) is 0 Å². The molecular weight excluding hydrogens is 170 g/mol. The highest BCUT2D eigenvalue weighted by Crippen LogP contribution is 2.46. The van der Waals surface area contributed by atoms with Crippen LogP contribution in [0, 0.1) is 12.8 Å². The van der Waals surface area contributed by atoms with Gasteiger partial charge in [0.05, 0.1) is 0 Å². The monoisotopic (exact) mass is 187 g/mol. The molecule has 1 aromatic rings. The summed E-state index contributed by atoms with van der Waals surface area (Å²) in [6, 6.07) is 6.73. The van der Waals surface area contributed by atoms with Gasteiger partial charge in [0.2, 0.25) is 0 Å². The van der Waals surface area contributed by atoms with Crippen LogP contribution in [0.2, 0.25) is 0 Å². The Bertz CT molecular complexity index is 356. The van der Waals surface area contributed by atoms with Crippen molar-refractivity contribution in [2.24, 2.45) is 5.92 Å². The summed E-state index contributed by atoms with van der Waals surface area (Å²) in [7, 11) is 0. The SMILES string of the molecule is Cc1cccc2c1NCC1CCCC21. The van der Waals surface area contributed by atoms with Crippen LogP contribution in [0.15, 0.2) is 18.2 Å². The van der Waals surface area contributed by atoms with E-state index in [9.17, 15) is 0 Å².